The molecule has 5 heteroatoms. The molecule has 4 fully saturated rings. The van der Waals surface area contributed by atoms with Crippen LogP contribution in [-0.4, -0.2) is 0 Å². The van der Waals surface area contributed by atoms with Gasteiger partial charge in [-0.2, -0.15) is 0 Å². The van der Waals surface area contributed by atoms with Crippen molar-refractivity contribution in [2.24, 2.45) is 0 Å². The van der Waals surface area contributed by atoms with Crippen LogP contribution in [0.5, 0.6) is 0 Å². The van der Waals surface area contributed by atoms with Crippen molar-refractivity contribution >= 4 is 22.9 Å². The molecule has 0 nitrogen and oxygen atoms in total. The molecule has 2 heterocycles. The maximum atomic E-state index is 2.85. The number of hydrogen-bond donors (Lipinski definition) is 0. The van der Waals surface area contributed by atoms with Crippen molar-refractivity contribution in [1.29, 1.82) is 0 Å². The van der Waals surface area contributed by atoms with Gasteiger partial charge in [0.05, 0.1) is 0 Å². The summed E-state index contributed by atoms with van der Waals surface area (Å²) in [5.41, 5.74) is 0. The Morgan fingerprint density at radius 1 is 0.485 bits per heavy atom. The standard InChI is InChI=1S/2C14H20P.2ClH.Zr/c2*1-2-6-11(5-1)13-9-10-14(15-13)12-7-3-4-8-12;;;/h2*9,11-12,15H,1-8H2;2*1H;/q;;;;+2/p-2. The SMILES string of the molecule is [Cl-].[Cl-].c1c(C2CCCC2)[pH]c(C2CCCC2)[c]1[Zr+2][c]1cc(C2CCCC2)[pH]c1C1CCCC1. The Morgan fingerprint density at radius 2 is 0.788 bits per heavy atom. The van der Waals surface area contributed by atoms with Crippen LogP contribution in [0.4, 0.5) is 0 Å². The molecule has 0 aliphatic heterocycles. The monoisotopic (exact) mass is 598 g/mol. The molecule has 2 unspecified atom stereocenters. The second kappa shape index (κ2) is 12.5. The average molecular weight is 601 g/mol. The van der Waals surface area contributed by atoms with E-state index >= 15 is 0 Å². The number of halogens is 2. The third-order valence-electron chi connectivity index (χ3n) is 9.12. The fourth-order valence-corrected chi connectivity index (χ4v) is 16.6. The van der Waals surface area contributed by atoms with Gasteiger partial charge in [-0.05, 0) is 0 Å². The Morgan fingerprint density at radius 3 is 1.12 bits per heavy atom. The molecule has 0 aromatic carbocycles. The number of hydrogen-bond acceptors (Lipinski definition) is 0. The van der Waals surface area contributed by atoms with E-state index in [0.717, 1.165) is 40.1 Å². The molecule has 0 radical (unpaired) electrons. The van der Waals surface area contributed by atoms with Gasteiger partial charge in [0.25, 0.3) is 0 Å². The second-order valence-corrected chi connectivity index (χ2v) is 17.1. The molecule has 4 saturated carbocycles. The van der Waals surface area contributed by atoms with E-state index in [0.29, 0.717) is 0 Å². The van der Waals surface area contributed by atoms with Crippen LogP contribution >= 0.6 is 16.4 Å². The van der Waals surface area contributed by atoms with Crippen LogP contribution in [0.15, 0.2) is 12.1 Å². The molecule has 2 aromatic rings. The molecule has 180 valence electrons. The first-order valence-electron chi connectivity index (χ1n) is 13.6. The summed E-state index contributed by atoms with van der Waals surface area (Å²) in [4.78, 5) is 0. The molecule has 0 spiro atoms. The van der Waals surface area contributed by atoms with E-state index in [-0.39, 0.29) is 24.8 Å². The predicted octanol–water partition coefficient (Wildman–Crippen LogP) is 2.42. The van der Waals surface area contributed by atoms with E-state index < -0.39 is 23.2 Å². The molecule has 4 aliphatic rings. The van der Waals surface area contributed by atoms with Crippen molar-refractivity contribution in [3.63, 3.8) is 0 Å². The van der Waals surface area contributed by atoms with Crippen molar-refractivity contribution < 1.29 is 48.0 Å². The first-order chi connectivity index (χ1) is 15.3. The van der Waals surface area contributed by atoms with Crippen molar-refractivity contribution in [2.45, 2.75) is 126 Å². The van der Waals surface area contributed by atoms with Crippen LogP contribution in [-0.2, 0) is 23.2 Å². The topological polar surface area (TPSA) is 0 Å². The third kappa shape index (κ3) is 5.96. The van der Waals surface area contributed by atoms with Crippen molar-refractivity contribution in [1.82, 2.24) is 0 Å². The molecular formula is C28H40Cl2P2Zr. The average Bonchev–Trinajstić information content (AvgIpc) is 3.61. The van der Waals surface area contributed by atoms with Gasteiger partial charge in [-0.15, -0.1) is 0 Å². The van der Waals surface area contributed by atoms with Gasteiger partial charge in [-0.1, -0.05) is 0 Å². The van der Waals surface area contributed by atoms with E-state index in [1.165, 1.54) is 103 Å². The summed E-state index contributed by atoms with van der Waals surface area (Å²) in [6, 6.07) is 5.69. The second-order valence-electron chi connectivity index (χ2n) is 11.2. The summed E-state index contributed by atoms with van der Waals surface area (Å²) in [5, 5.41) is 7.85. The third-order valence-corrected chi connectivity index (χ3v) is 17.3. The zero-order valence-electron chi connectivity index (χ0n) is 20.0. The Labute approximate surface area is 229 Å². The normalized spacial score (nSPS) is 23.0. The van der Waals surface area contributed by atoms with Crippen molar-refractivity contribution in [3.05, 3.63) is 33.3 Å². The zero-order valence-corrected chi connectivity index (χ0v) is 26.0. The first-order valence-corrected chi connectivity index (χ1v) is 18.0. The van der Waals surface area contributed by atoms with Crippen LogP contribution < -0.4 is 31.4 Å². The fourth-order valence-electron chi connectivity index (χ4n) is 7.32. The molecule has 0 bridgehead atoms. The summed E-state index contributed by atoms with van der Waals surface area (Å²) >= 11 is -0.651. The van der Waals surface area contributed by atoms with Gasteiger partial charge in [0, 0.05) is 0 Å². The molecule has 6 rings (SSSR count). The zero-order chi connectivity index (χ0) is 20.6. The van der Waals surface area contributed by atoms with Crippen LogP contribution in [0.1, 0.15) is 148 Å². The Bertz CT molecular complexity index is 808. The summed E-state index contributed by atoms with van der Waals surface area (Å²) in [5.74, 6) is 3.87. The molecule has 0 N–H and O–H groups in total. The maximum absolute atomic E-state index is 2.85. The van der Waals surface area contributed by atoms with Crippen molar-refractivity contribution in [3.8, 4) is 0 Å². The minimum absolute atomic E-state index is 0. The quantitative estimate of drug-likeness (QED) is 0.478. The predicted molar refractivity (Wildman–Crippen MR) is 136 cm³/mol. The van der Waals surface area contributed by atoms with Crippen LogP contribution in [0.3, 0.4) is 0 Å². The Kier molecular flexibility index (Phi) is 10.3. The molecule has 0 amide bonds. The Hall–Kier alpha value is 1.02. The van der Waals surface area contributed by atoms with E-state index in [9.17, 15) is 0 Å². The first kappa shape index (κ1) is 27.1. The van der Waals surface area contributed by atoms with E-state index in [4.69, 9.17) is 0 Å². The van der Waals surface area contributed by atoms with E-state index in [1.54, 1.807) is 0 Å². The van der Waals surface area contributed by atoms with Gasteiger partial charge in [-0.25, -0.2) is 0 Å². The molecular weight excluding hydrogens is 560 g/mol. The fraction of sp³-hybridized carbons (Fsp3) is 0.714. The van der Waals surface area contributed by atoms with Gasteiger partial charge in [-0.3, -0.25) is 0 Å². The van der Waals surface area contributed by atoms with E-state index in [2.05, 4.69) is 12.1 Å². The Balaban J connectivity index is 0.00000130. The summed E-state index contributed by atoms with van der Waals surface area (Å²) in [7, 11) is 2.21. The molecule has 2 atom stereocenters. The molecule has 4 aliphatic carbocycles. The van der Waals surface area contributed by atoms with Gasteiger partial charge >= 0.3 is 206 Å². The van der Waals surface area contributed by atoms with Gasteiger partial charge in [0.15, 0.2) is 0 Å². The van der Waals surface area contributed by atoms with Crippen molar-refractivity contribution in [2.75, 3.05) is 0 Å². The van der Waals surface area contributed by atoms with Crippen LogP contribution in [0.2, 0.25) is 0 Å². The van der Waals surface area contributed by atoms with Gasteiger partial charge in [0.1, 0.15) is 0 Å². The van der Waals surface area contributed by atoms with Gasteiger partial charge < -0.3 is 24.8 Å². The van der Waals surface area contributed by atoms with Crippen LogP contribution in [0.25, 0.3) is 0 Å². The molecule has 33 heavy (non-hydrogen) atoms. The van der Waals surface area contributed by atoms with Gasteiger partial charge in [0.2, 0.25) is 0 Å². The summed E-state index contributed by atoms with van der Waals surface area (Å²) in [6.45, 7) is 0. The molecule has 0 saturated heterocycles. The van der Waals surface area contributed by atoms with Crippen LogP contribution in [0, 0.1) is 0 Å². The van der Waals surface area contributed by atoms with E-state index in [1.807, 2.05) is 27.7 Å². The summed E-state index contributed by atoms with van der Waals surface area (Å²) in [6.07, 6.45) is 24.0. The minimum atomic E-state index is -0.651. The summed E-state index contributed by atoms with van der Waals surface area (Å²) < 4.78 is 3.96. The molecule has 2 aromatic heterocycles. The number of rotatable bonds is 6.